The molecule has 1 aromatic carbocycles. The lowest BCUT2D eigenvalue weighted by Crippen LogP contribution is -2.50. The molecular formula is C16H19FN2O2. The number of carbonyl (C=O) groups is 1. The van der Waals surface area contributed by atoms with Crippen molar-refractivity contribution in [1.29, 1.82) is 0 Å². The molecule has 0 amide bonds. The Labute approximate surface area is 123 Å². The molecule has 0 saturated carbocycles. The van der Waals surface area contributed by atoms with E-state index >= 15 is 0 Å². The first-order valence-corrected chi connectivity index (χ1v) is 7.04. The van der Waals surface area contributed by atoms with Gasteiger partial charge in [0.1, 0.15) is 11.4 Å². The predicted molar refractivity (Wildman–Crippen MR) is 79.5 cm³/mol. The molecule has 1 aromatic heterocycles. The summed E-state index contributed by atoms with van der Waals surface area (Å²) in [6.07, 6.45) is 2.56. The van der Waals surface area contributed by atoms with Crippen LogP contribution in [0, 0.1) is 5.82 Å². The standard InChI is InChI=1S/C16H19FN2O2/c1-3-16(4-2,15(20)21)19-10-12-9-13(17)8-11-6-5-7-18-14(11)12/h5-9,19H,3-4,10H2,1-2H3,(H,20,21). The quantitative estimate of drug-likeness (QED) is 0.858. The Hall–Kier alpha value is -2.01. The summed E-state index contributed by atoms with van der Waals surface area (Å²) in [5.74, 6) is -1.23. The largest absolute Gasteiger partial charge is 0.480 e. The number of hydrogen-bond acceptors (Lipinski definition) is 3. The molecule has 0 unspecified atom stereocenters. The van der Waals surface area contributed by atoms with Crippen molar-refractivity contribution in [2.45, 2.75) is 38.8 Å². The first-order valence-electron chi connectivity index (χ1n) is 7.04. The van der Waals surface area contributed by atoms with E-state index in [-0.39, 0.29) is 12.4 Å². The summed E-state index contributed by atoms with van der Waals surface area (Å²) in [6.45, 7) is 3.92. The normalized spacial score (nSPS) is 11.8. The fraction of sp³-hybridized carbons (Fsp3) is 0.375. The topological polar surface area (TPSA) is 62.2 Å². The van der Waals surface area contributed by atoms with Crippen LogP contribution in [0.25, 0.3) is 10.9 Å². The van der Waals surface area contributed by atoms with E-state index in [4.69, 9.17) is 0 Å². The van der Waals surface area contributed by atoms with Crippen molar-refractivity contribution >= 4 is 16.9 Å². The number of halogens is 1. The van der Waals surface area contributed by atoms with Crippen molar-refractivity contribution < 1.29 is 14.3 Å². The fourth-order valence-electron chi connectivity index (χ4n) is 2.50. The molecule has 0 aliphatic carbocycles. The molecule has 112 valence electrons. The summed E-state index contributed by atoms with van der Waals surface area (Å²) >= 11 is 0. The monoisotopic (exact) mass is 290 g/mol. The fourth-order valence-corrected chi connectivity index (χ4v) is 2.50. The molecule has 0 bridgehead atoms. The van der Waals surface area contributed by atoms with Gasteiger partial charge in [-0.15, -0.1) is 0 Å². The average molecular weight is 290 g/mol. The van der Waals surface area contributed by atoms with Gasteiger partial charge in [0.2, 0.25) is 0 Å². The third kappa shape index (κ3) is 3.03. The number of fused-ring (bicyclic) bond motifs is 1. The van der Waals surface area contributed by atoms with Crippen LogP contribution in [0.15, 0.2) is 30.5 Å². The first-order chi connectivity index (χ1) is 10.0. The zero-order chi connectivity index (χ0) is 15.5. The van der Waals surface area contributed by atoms with Crippen molar-refractivity contribution in [1.82, 2.24) is 10.3 Å². The average Bonchev–Trinajstić information content (AvgIpc) is 2.48. The van der Waals surface area contributed by atoms with Gasteiger partial charge in [0.05, 0.1) is 5.52 Å². The minimum Gasteiger partial charge on any atom is -0.480 e. The van der Waals surface area contributed by atoms with Gasteiger partial charge in [0, 0.05) is 18.1 Å². The Morgan fingerprint density at radius 2 is 2.10 bits per heavy atom. The van der Waals surface area contributed by atoms with E-state index < -0.39 is 11.5 Å². The van der Waals surface area contributed by atoms with Crippen LogP contribution in [0.5, 0.6) is 0 Å². The van der Waals surface area contributed by atoms with Gasteiger partial charge in [-0.25, -0.2) is 4.39 Å². The number of rotatable bonds is 6. The molecule has 4 nitrogen and oxygen atoms in total. The Morgan fingerprint density at radius 1 is 1.38 bits per heavy atom. The third-order valence-electron chi connectivity index (χ3n) is 3.98. The molecule has 2 N–H and O–H groups in total. The molecule has 0 radical (unpaired) electrons. The number of carboxylic acid groups (broad SMARTS) is 1. The summed E-state index contributed by atoms with van der Waals surface area (Å²) in [7, 11) is 0. The molecule has 0 atom stereocenters. The minimum atomic E-state index is -0.993. The molecular weight excluding hydrogens is 271 g/mol. The highest BCUT2D eigenvalue weighted by Gasteiger charge is 2.34. The molecule has 1 heterocycles. The van der Waals surface area contributed by atoms with E-state index in [9.17, 15) is 14.3 Å². The number of aliphatic carboxylic acids is 1. The molecule has 0 aliphatic heterocycles. The summed E-state index contributed by atoms with van der Waals surface area (Å²) in [4.78, 5) is 15.7. The maximum atomic E-state index is 13.7. The van der Waals surface area contributed by atoms with Gasteiger partial charge in [0.15, 0.2) is 0 Å². The van der Waals surface area contributed by atoms with E-state index in [1.807, 2.05) is 13.8 Å². The number of pyridine rings is 1. The molecule has 2 aromatic rings. The number of carboxylic acids is 1. The molecule has 5 heteroatoms. The highest BCUT2D eigenvalue weighted by Crippen LogP contribution is 2.21. The van der Waals surface area contributed by atoms with Gasteiger partial charge in [0.25, 0.3) is 0 Å². The van der Waals surface area contributed by atoms with Crippen molar-refractivity contribution in [2.24, 2.45) is 0 Å². The SMILES string of the molecule is CCC(CC)(NCc1cc(F)cc2cccnc12)C(=O)O. The van der Waals surface area contributed by atoms with Crippen LogP contribution in [0.4, 0.5) is 4.39 Å². The van der Waals surface area contributed by atoms with Crippen LogP contribution in [0.1, 0.15) is 32.3 Å². The third-order valence-corrected chi connectivity index (χ3v) is 3.98. The highest BCUT2D eigenvalue weighted by molar-refractivity contribution is 5.82. The van der Waals surface area contributed by atoms with Crippen LogP contribution in [-0.4, -0.2) is 21.6 Å². The van der Waals surface area contributed by atoms with Crippen LogP contribution in [0.3, 0.4) is 0 Å². The minimum absolute atomic E-state index is 0.263. The molecule has 0 spiro atoms. The lowest BCUT2D eigenvalue weighted by Gasteiger charge is -2.28. The number of aromatic nitrogens is 1. The van der Waals surface area contributed by atoms with Crippen molar-refractivity contribution in [3.8, 4) is 0 Å². The van der Waals surface area contributed by atoms with Crippen molar-refractivity contribution in [2.75, 3.05) is 0 Å². The summed E-state index contributed by atoms with van der Waals surface area (Å²) in [5, 5.41) is 13.2. The van der Waals surface area contributed by atoms with Crippen LogP contribution >= 0.6 is 0 Å². The zero-order valence-electron chi connectivity index (χ0n) is 12.2. The van der Waals surface area contributed by atoms with E-state index in [1.165, 1.54) is 12.1 Å². The number of nitrogens with zero attached hydrogens (tertiary/aromatic N) is 1. The van der Waals surface area contributed by atoms with E-state index in [0.717, 1.165) is 0 Å². The van der Waals surface area contributed by atoms with Crippen molar-refractivity contribution in [3.63, 3.8) is 0 Å². The number of hydrogen-bond donors (Lipinski definition) is 2. The molecule has 0 fully saturated rings. The lowest BCUT2D eigenvalue weighted by atomic mass is 9.92. The summed E-state index contributed by atoms with van der Waals surface area (Å²) in [6, 6.07) is 6.37. The van der Waals surface area contributed by atoms with Crippen LogP contribution in [-0.2, 0) is 11.3 Å². The number of nitrogens with one attached hydrogen (secondary N) is 1. The van der Waals surface area contributed by atoms with E-state index in [1.54, 1.807) is 18.3 Å². The summed E-state index contributed by atoms with van der Waals surface area (Å²) in [5.41, 5.74) is 0.365. The van der Waals surface area contributed by atoms with Gasteiger partial charge in [-0.2, -0.15) is 0 Å². The number of benzene rings is 1. The molecule has 21 heavy (non-hydrogen) atoms. The molecule has 0 saturated heterocycles. The van der Waals surface area contributed by atoms with Crippen LogP contribution in [0.2, 0.25) is 0 Å². The van der Waals surface area contributed by atoms with Gasteiger partial charge in [-0.05, 0) is 36.6 Å². The maximum Gasteiger partial charge on any atom is 0.323 e. The Morgan fingerprint density at radius 3 is 2.71 bits per heavy atom. The first kappa shape index (κ1) is 15.4. The zero-order valence-corrected chi connectivity index (χ0v) is 12.2. The van der Waals surface area contributed by atoms with Gasteiger partial charge < -0.3 is 5.11 Å². The van der Waals surface area contributed by atoms with Gasteiger partial charge in [-0.3, -0.25) is 15.1 Å². The Balaban J connectivity index is 2.34. The molecule has 0 aliphatic rings. The summed E-state index contributed by atoms with van der Waals surface area (Å²) < 4.78 is 13.7. The van der Waals surface area contributed by atoms with E-state index in [2.05, 4.69) is 10.3 Å². The molecule has 2 rings (SSSR count). The predicted octanol–water partition coefficient (Wildman–Crippen LogP) is 3.11. The maximum absolute atomic E-state index is 13.7. The van der Waals surface area contributed by atoms with Crippen LogP contribution < -0.4 is 5.32 Å². The van der Waals surface area contributed by atoms with E-state index in [0.29, 0.717) is 29.3 Å². The van der Waals surface area contributed by atoms with Gasteiger partial charge >= 0.3 is 5.97 Å². The smallest absolute Gasteiger partial charge is 0.323 e. The second kappa shape index (κ2) is 6.18. The second-order valence-electron chi connectivity index (χ2n) is 5.09. The van der Waals surface area contributed by atoms with Gasteiger partial charge in [-0.1, -0.05) is 19.9 Å². The highest BCUT2D eigenvalue weighted by atomic mass is 19.1. The lowest BCUT2D eigenvalue weighted by molar-refractivity contribution is -0.145. The Bertz CT molecular complexity index is 654. The second-order valence-corrected chi connectivity index (χ2v) is 5.09. The Kier molecular flexibility index (Phi) is 4.53. The van der Waals surface area contributed by atoms with Crippen molar-refractivity contribution in [3.05, 3.63) is 41.8 Å².